The molecule has 1 unspecified atom stereocenters. The van der Waals surface area contributed by atoms with Gasteiger partial charge < -0.3 is 20.9 Å². The van der Waals surface area contributed by atoms with Gasteiger partial charge in [0.2, 0.25) is 5.91 Å². The van der Waals surface area contributed by atoms with Gasteiger partial charge in [-0.15, -0.1) is 11.3 Å². The van der Waals surface area contributed by atoms with E-state index in [0.717, 1.165) is 17.8 Å². The molecule has 2 amide bonds. The van der Waals surface area contributed by atoms with Crippen LogP contribution in [0.5, 0.6) is 0 Å². The first-order valence-corrected chi connectivity index (χ1v) is 10.9. The summed E-state index contributed by atoms with van der Waals surface area (Å²) in [4.78, 5) is 31.9. The molecule has 3 N–H and O–H groups in total. The Bertz CT molecular complexity index is 976. The Morgan fingerprint density at radius 2 is 1.71 bits per heavy atom. The first kappa shape index (κ1) is 22.5. The molecule has 0 saturated heterocycles. The third-order valence-electron chi connectivity index (χ3n) is 4.52. The second-order valence-corrected chi connectivity index (χ2v) is 8.20. The average Bonchev–Trinajstić information content (AvgIpc) is 3.23. The molecule has 0 aliphatic carbocycles. The van der Waals surface area contributed by atoms with Crippen LogP contribution in [0.2, 0.25) is 0 Å². The summed E-state index contributed by atoms with van der Waals surface area (Å²) in [7, 11) is 3.89. The Labute approximate surface area is 186 Å². The van der Waals surface area contributed by atoms with Gasteiger partial charge in [-0.1, -0.05) is 48.5 Å². The van der Waals surface area contributed by atoms with Gasteiger partial charge in [0, 0.05) is 30.6 Å². The van der Waals surface area contributed by atoms with E-state index in [1.807, 2.05) is 79.7 Å². The van der Waals surface area contributed by atoms with Crippen molar-refractivity contribution in [2.75, 3.05) is 32.5 Å². The molecule has 0 aliphatic heterocycles. The van der Waals surface area contributed by atoms with Crippen molar-refractivity contribution >= 4 is 34.0 Å². The number of para-hydroxylation sites is 1. The lowest BCUT2D eigenvalue weighted by atomic mass is 10.1. The highest BCUT2D eigenvalue weighted by Gasteiger charge is 2.23. The van der Waals surface area contributed by atoms with Crippen molar-refractivity contribution in [1.82, 2.24) is 20.5 Å². The van der Waals surface area contributed by atoms with E-state index in [1.54, 1.807) is 5.38 Å². The molecule has 0 spiro atoms. The van der Waals surface area contributed by atoms with Gasteiger partial charge in [-0.05, 0) is 31.8 Å². The number of benzene rings is 2. The van der Waals surface area contributed by atoms with Gasteiger partial charge in [0.05, 0.1) is 0 Å². The second kappa shape index (κ2) is 11.2. The van der Waals surface area contributed by atoms with Crippen LogP contribution in [0.1, 0.15) is 16.1 Å². The van der Waals surface area contributed by atoms with Crippen LogP contribution < -0.4 is 16.0 Å². The molecule has 1 atom stereocenters. The summed E-state index contributed by atoms with van der Waals surface area (Å²) >= 11 is 1.34. The number of hydrogen-bond donors (Lipinski definition) is 3. The number of hydrogen-bond acceptors (Lipinski definition) is 6. The Hall–Kier alpha value is -3.23. The average molecular weight is 438 g/mol. The minimum absolute atomic E-state index is 0.211. The predicted molar refractivity (Wildman–Crippen MR) is 125 cm³/mol. The smallest absolute Gasteiger partial charge is 0.271 e. The lowest BCUT2D eigenvalue weighted by Crippen LogP contribution is -2.49. The van der Waals surface area contributed by atoms with Crippen LogP contribution in [0.15, 0.2) is 66.0 Å². The molecule has 1 aromatic heterocycles. The van der Waals surface area contributed by atoms with E-state index in [2.05, 4.69) is 20.9 Å². The number of nitrogens with one attached hydrogen (secondary N) is 3. The molecular weight excluding hydrogens is 410 g/mol. The minimum atomic E-state index is -0.690. The number of carbonyl (C=O) groups is 2. The number of carbonyl (C=O) groups excluding carboxylic acids is 2. The molecule has 2 aromatic carbocycles. The van der Waals surface area contributed by atoms with Crippen molar-refractivity contribution in [1.29, 1.82) is 0 Å². The number of amides is 2. The first-order chi connectivity index (χ1) is 15.0. The van der Waals surface area contributed by atoms with E-state index in [9.17, 15) is 9.59 Å². The number of aromatic nitrogens is 1. The van der Waals surface area contributed by atoms with Crippen LogP contribution in [0.3, 0.4) is 0 Å². The SMILES string of the molecule is CN(C)CCNC(=O)C(Cc1ccccc1)NC(=O)c1csc(Nc2ccccc2)n1. The number of likely N-dealkylation sites (N-methyl/N-ethyl adjacent to an activating group) is 1. The van der Waals surface area contributed by atoms with E-state index < -0.39 is 6.04 Å². The zero-order chi connectivity index (χ0) is 22.1. The van der Waals surface area contributed by atoms with E-state index in [0.29, 0.717) is 18.1 Å². The molecule has 0 aliphatic rings. The lowest BCUT2D eigenvalue weighted by Gasteiger charge is -2.19. The summed E-state index contributed by atoms with van der Waals surface area (Å²) in [6, 6.07) is 18.6. The topological polar surface area (TPSA) is 86.4 Å². The molecule has 8 heteroatoms. The Balaban J connectivity index is 1.66. The van der Waals surface area contributed by atoms with E-state index >= 15 is 0 Å². The fourth-order valence-corrected chi connectivity index (χ4v) is 3.61. The largest absolute Gasteiger partial charge is 0.353 e. The number of rotatable bonds is 10. The third kappa shape index (κ3) is 7.20. The van der Waals surface area contributed by atoms with Crippen LogP contribution in [0, 0.1) is 0 Å². The highest BCUT2D eigenvalue weighted by molar-refractivity contribution is 7.14. The van der Waals surface area contributed by atoms with Gasteiger partial charge in [-0.25, -0.2) is 4.98 Å². The molecule has 0 saturated carbocycles. The fourth-order valence-electron chi connectivity index (χ4n) is 2.90. The zero-order valence-corrected chi connectivity index (χ0v) is 18.5. The van der Waals surface area contributed by atoms with Crippen molar-refractivity contribution in [3.8, 4) is 0 Å². The van der Waals surface area contributed by atoms with E-state index in [-0.39, 0.29) is 17.5 Å². The van der Waals surface area contributed by atoms with E-state index in [1.165, 1.54) is 11.3 Å². The van der Waals surface area contributed by atoms with E-state index in [4.69, 9.17) is 0 Å². The monoisotopic (exact) mass is 437 g/mol. The van der Waals surface area contributed by atoms with Crippen molar-refractivity contribution in [3.05, 3.63) is 77.3 Å². The van der Waals surface area contributed by atoms with Crippen LogP contribution in [-0.4, -0.2) is 54.9 Å². The third-order valence-corrected chi connectivity index (χ3v) is 5.28. The maximum atomic E-state index is 12.8. The minimum Gasteiger partial charge on any atom is -0.353 e. The van der Waals surface area contributed by atoms with Crippen LogP contribution >= 0.6 is 11.3 Å². The highest BCUT2D eigenvalue weighted by Crippen LogP contribution is 2.20. The maximum absolute atomic E-state index is 12.8. The van der Waals surface area contributed by atoms with Crippen molar-refractivity contribution in [2.45, 2.75) is 12.5 Å². The zero-order valence-electron chi connectivity index (χ0n) is 17.7. The van der Waals surface area contributed by atoms with Gasteiger partial charge in [0.1, 0.15) is 11.7 Å². The summed E-state index contributed by atoms with van der Waals surface area (Å²) in [5, 5.41) is 11.2. The summed E-state index contributed by atoms with van der Waals surface area (Å²) in [5.74, 6) is -0.585. The molecule has 31 heavy (non-hydrogen) atoms. The molecule has 0 fully saturated rings. The molecule has 0 radical (unpaired) electrons. The summed E-state index contributed by atoms with van der Waals surface area (Å²) < 4.78 is 0. The molecule has 3 aromatic rings. The summed E-state index contributed by atoms with van der Waals surface area (Å²) in [5.41, 5.74) is 2.15. The molecular formula is C23H27N5O2S. The van der Waals surface area contributed by atoms with Crippen molar-refractivity contribution in [2.24, 2.45) is 0 Å². The number of anilines is 2. The Morgan fingerprint density at radius 1 is 1.03 bits per heavy atom. The molecule has 1 heterocycles. The second-order valence-electron chi connectivity index (χ2n) is 7.34. The predicted octanol–water partition coefficient (Wildman–Crippen LogP) is 2.91. The normalized spacial score (nSPS) is 11.7. The van der Waals surface area contributed by atoms with Gasteiger partial charge >= 0.3 is 0 Å². The highest BCUT2D eigenvalue weighted by atomic mass is 32.1. The summed E-state index contributed by atoms with van der Waals surface area (Å²) in [6.07, 6.45) is 0.402. The van der Waals surface area contributed by atoms with Crippen LogP contribution in [0.25, 0.3) is 0 Å². The molecule has 7 nitrogen and oxygen atoms in total. The standard InChI is InChI=1S/C23H27N5O2S/c1-28(2)14-13-24-21(29)19(15-17-9-5-3-6-10-17)26-22(30)20-16-31-23(27-20)25-18-11-7-4-8-12-18/h3-12,16,19H,13-15H2,1-2H3,(H,24,29)(H,25,27)(H,26,30). The number of nitrogens with zero attached hydrogens (tertiary/aromatic N) is 2. The maximum Gasteiger partial charge on any atom is 0.271 e. The molecule has 3 rings (SSSR count). The van der Waals surface area contributed by atoms with Crippen LogP contribution in [0.4, 0.5) is 10.8 Å². The van der Waals surface area contributed by atoms with Gasteiger partial charge in [-0.3, -0.25) is 9.59 Å². The first-order valence-electron chi connectivity index (χ1n) is 10.1. The van der Waals surface area contributed by atoms with Crippen LogP contribution in [-0.2, 0) is 11.2 Å². The van der Waals surface area contributed by atoms with Gasteiger partial charge in [0.15, 0.2) is 5.13 Å². The molecule has 162 valence electrons. The Morgan fingerprint density at radius 3 is 2.39 bits per heavy atom. The fraction of sp³-hybridized carbons (Fsp3) is 0.261. The quantitative estimate of drug-likeness (QED) is 0.454. The Kier molecular flexibility index (Phi) is 8.14. The number of thiazole rings is 1. The summed E-state index contributed by atoms with van der Waals surface area (Å²) in [6.45, 7) is 1.23. The lowest BCUT2D eigenvalue weighted by molar-refractivity contribution is -0.123. The van der Waals surface area contributed by atoms with Crippen molar-refractivity contribution in [3.63, 3.8) is 0 Å². The van der Waals surface area contributed by atoms with Gasteiger partial charge in [-0.2, -0.15) is 0 Å². The van der Waals surface area contributed by atoms with Crippen molar-refractivity contribution < 1.29 is 9.59 Å². The molecule has 0 bridgehead atoms. The van der Waals surface area contributed by atoms with Gasteiger partial charge in [0.25, 0.3) is 5.91 Å².